The number of anilines is 1. The van der Waals surface area contributed by atoms with Gasteiger partial charge in [0.25, 0.3) is 5.91 Å². The van der Waals surface area contributed by atoms with Gasteiger partial charge in [0.2, 0.25) is 0 Å². The van der Waals surface area contributed by atoms with E-state index in [1.54, 1.807) is 0 Å². The first-order valence-electron chi connectivity index (χ1n) is 8.50. The van der Waals surface area contributed by atoms with Crippen LogP contribution in [0.15, 0.2) is 84.0 Å². The summed E-state index contributed by atoms with van der Waals surface area (Å²) in [5.41, 5.74) is 5.32. The Kier molecular flexibility index (Phi) is 5.78. The molecule has 1 amide bonds. The summed E-state index contributed by atoms with van der Waals surface area (Å²) in [6.07, 6.45) is 3.83. The van der Waals surface area contributed by atoms with Crippen molar-refractivity contribution in [2.24, 2.45) is 5.10 Å². The predicted molar refractivity (Wildman–Crippen MR) is 109 cm³/mol. The van der Waals surface area contributed by atoms with Crippen LogP contribution in [0.1, 0.15) is 12.5 Å². The Labute approximate surface area is 153 Å². The lowest BCUT2D eigenvalue weighted by Gasteiger charge is -2.09. The zero-order valence-corrected chi connectivity index (χ0v) is 14.6. The fraction of sp³-hybridized carbons (Fsp3) is 0.0909. The smallest absolute Gasteiger partial charge is 0.259 e. The molecule has 0 bridgehead atoms. The lowest BCUT2D eigenvalue weighted by Crippen LogP contribution is -2.26. The van der Waals surface area contributed by atoms with E-state index in [4.69, 9.17) is 0 Å². The number of amides is 1. The van der Waals surface area contributed by atoms with Crippen molar-refractivity contribution in [1.82, 2.24) is 5.43 Å². The number of benzene rings is 3. The van der Waals surface area contributed by atoms with Gasteiger partial charge in [0, 0.05) is 11.1 Å². The molecule has 0 radical (unpaired) electrons. The van der Waals surface area contributed by atoms with Crippen molar-refractivity contribution in [3.63, 3.8) is 0 Å². The normalized spacial score (nSPS) is 11.7. The van der Waals surface area contributed by atoms with E-state index in [0.717, 1.165) is 27.7 Å². The number of nitrogens with one attached hydrogen (secondary N) is 2. The maximum atomic E-state index is 12.0. The van der Waals surface area contributed by atoms with Crippen LogP contribution >= 0.6 is 0 Å². The molecule has 3 aromatic carbocycles. The first-order chi connectivity index (χ1) is 12.7. The molecule has 0 spiro atoms. The molecule has 0 fully saturated rings. The van der Waals surface area contributed by atoms with Crippen molar-refractivity contribution in [3.8, 4) is 0 Å². The van der Waals surface area contributed by atoms with Crippen molar-refractivity contribution in [2.45, 2.75) is 6.92 Å². The van der Waals surface area contributed by atoms with Crippen molar-refractivity contribution >= 4 is 34.2 Å². The number of allylic oxidation sites excluding steroid dienone is 1. The van der Waals surface area contributed by atoms with Crippen LogP contribution in [0.25, 0.3) is 16.8 Å². The highest BCUT2D eigenvalue weighted by molar-refractivity contribution is 5.97. The lowest BCUT2D eigenvalue weighted by atomic mass is 10.1. The minimum absolute atomic E-state index is 0.160. The van der Waals surface area contributed by atoms with Crippen LogP contribution in [0.5, 0.6) is 0 Å². The quantitative estimate of drug-likeness (QED) is 0.513. The summed E-state index contributed by atoms with van der Waals surface area (Å²) in [5, 5.41) is 9.50. The van der Waals surface area contributed by atoms with Crippen LogP contribution in [0.2, 0.25) is 0 Å². The molecule has 4 nitrogen and oxygen atoms in total. The molecule has 3 aromatic rings. The molecule has 0 aliphatic carbocycles. The van der Waals surface area contributed by atoms with Crippen LogP contribution in [-0.4, -0.2) is 18.2 Å². The summed E-state index contributed by atoms with van der Waals surface area (Å²) in [5.74, 6) is -0.189. The van der Waals surface area contributed by atoms with E-state index < -0.39 is 0 Å². The lowest BCUT2D eigenvalue weighted by molar-refractivity contribution is -0.119. The molecule has 0 saturated heterocycles. The van der Waals surface area contributed by atoms with E-state index in [-0.39, 0.29) is 12.5 Å². The molecule has 0 unspecified atom stereocenters. The third-order valence-corrected chi connectivity index (χ3v) is 3.90. The Morgan fingerprint density at radius 3 is 2.54 bits per heavy atom. The van der Waals surface area contributed by atoms with Gasteiger partial charge in [-0.3, -0.25) is 4.79 Å². The van der Waals surface area contributed by atoms with Gasteiger partial charge in [-0.05, 0) is 30.0 Å². The van der Waals surface area contributed by atoms with Gasteiger partial charge in [-0.1, -0.05) is 72.8 Å². The number of hydrogen-bond donors (Lipinski definition) is 2. The SMILES string of the molecule is CC(C=Cc1ccccc1)=NNC(=O)CNc1cccc2ccccc12. The third kappa shape index (κ3) is 4.80. The van der Waals surface area contributed by atoms with Crippen LogP contribution in [0.3, 0.4) is 0 Å². The maximum absolute atomic E-state index is 12.0. The Balaban J connectivity index is 1.54. The minimum Gasteiger partial charge on any atom is -0.376 e. The molecule has 0 aliphatic rings. The molecule has 2 N–H and O–H groups in total. The molecule has 0 atom stereocenters. The summed E-state index contributed by atoms with van der Waals surface area (Å²) in [7, 11) is 0. The van der Waals surface area contributed by atoms with Gasteiger partial charge < -0.3 is 5.32 Å². The average molecular weight is 343 g/mol. The molecule has 3 rings (SSSR count). The Bertz CT molecular complexity index is 941. The molecular formula is C22H21N3O. The van der Waals surface area contributed by atoms with Crippen LogP contribution in [0, 0.1) is 0 Å². The molecule has 26 heavy (non-hydrogen) atoms. The number of nitrogens with zero attached hydrogens (tertiary/aromatic N) is 1. The Morgan fingerprint density at radius 1 is 0.962 bits per heavy atom. The third-order valence-electron chi connectivity index (χ3n) is 3.90. The first kappa shape index (κ1) is 17.4. The summed E-state index contributed by atoms with van der Waals surface area (Å²) in [4.78, 5) is 12.0. The first-order valence-corrected chi connectivity index (χ1v) is 8.50. The van der Waals surface area contributed by atoms with Crippen LogP contribution < -0.4 is 10.7 Å². The molecule has 130 valence electrons. The van der Waals surface area contributed by atoms with Gasteiger partial charge >= 0.3 is 0 Å². The number of rotatable bonds is 6. The van der Waals surface area contributed by atoms with E-state index in [1.165, 1.54) is 0 Å². The second-order valence-corrected chi connectivity index (χ2v) is 5.91. The Morgan fingerprint density at radius 2 is 1.69 bits per heavy atom. The van der Waals surface area contributed by atoms with Gasteiger partial charge in [0.1, 0.15) is 0 Å². The Hall–Kier alpha value is -3.40. The molecule has 4 heteroatoms. The highest BCUT2D eigenvalue weighted by Gasteiger charge is 2.03. The van der Waals surface area contributed by atoms with Gasteiger partial charge in [0.05, 0.1) is 12.3 Å². The molecule has 0 heterocycles. The van der Waals surface area contributed by atoms with Gasteiger partial charge in [-0.2, -0.15) is 5.10 Å². The fourth-order valence-corrected chi connectivity index (χ4v) is 2.56. The van der Waals surface area contributed by atoms with Crippen molar-refractivity contribution < 1.29 is 4.79 Å². The highest BCUT2D eigenvalue weighted by Crippen LogP contribution is 2.22. The van der Waals surface area contributed by atoms with Crippen molar-refractivity contribution in [3.05, 3.63) is 84.4 Å². The molecular weight excluding hydrogens is 322 g/mol. The summed E-state index contributed by atoms with van der Waals surface area (Å²) in [6, 6.07) is 24.0. The number of hydrazone groups is 1. The zero-order valence-electron chi connectivity index (χ0n) is 14.6. The number of fused-ring (bicyclic) bond motifs is 1. The number of hydrogen-bond acceptors (Lipinski definition) is 3. The molecule has 0 aliphatic heterocycles. The highest BCUT2D eigenvalue weighted by atomic mass is 16.2. The van der Waals surface area contributed by atoms with Crippen molar-refractivity contribution in [2.75, 3.05) is 11.9 Å². The van der Waals surface area contributed by atoms with E-state index in [1.807, 2.05) is 91.9 Å². The summed E-state index contributed by atoms with van der Waals surface area (Å²) >= 11 is 0. The minimum atomic E-state index is -0.189. The number of carbonyl (C=O) groups is 1. The monoisotopic (exact) mass is 343 g/mol. The van der Waals surface area contributed by atoms with Gasteiger partial charge in [-0.15, -0.1) is 0 Å². The van der Waals surface area contributed by atoms with E-state index in [2.05, 4.69) is 15.8 Å². The average Bonchev–Trinajstić information content (AvgIpc) is 2.70. The second kappa shape index (κ2) is 8.62. The largest absolute Gasteiger partial charge is 0.376 e. The number of carbonyl (C=O) groups excluding carboxylic acids is 1. The predicted octanol–water partition coefficient (Wildman–Crippen LogP) is 4.46. The molecule has 0 aromatic heterocycles. The fourth-order valence-electron chi connectivity index (χ4n) is 2.56. The molecule has 0 saturated carbocycles. The summed E-state index contributed by atoms with van der Waals surface area (Å²) < 4.78 is 0. The summed E-state index contributed by atoms with van der Waals surface area (Å²) in [6.45, 7) is 2.00. The second-order valence-electron chi connectivity index (χ2n) is 5.91. The van der Waals surface area contributed by atoms with Crippen LogP contribution in [-0.2, 0) is 4.79 Å². The zero-order chi connectivity index (χ0) is 18.2. The van der Waals surface area contributed by atoms with E-state index in [9.17, 15) is 4.79 Å². The van der Waals surface area contributed by atoms with Gasteiger partial charge in [0.15, 0.2) is 0 Å². The van der Waals surface area contributed by atoms with E-state index in [0.29, 0.717) is 0 Å². The standard InChI is InChI=1S/C22H21N3O/c1-17(14-15-18-8-3-2-4-9-18)24-25-22(26)16-23-21-13-7-11-19-10-5-6-12-20(19)21/h2-15,23H,16H2,1H3,(H,25,26). The maximum Gasteiger partial charge on any atom is 0.259 e. The van der Waals surface area contributed by atoms with Crippen LogP contribution in [0.4, 0.5) is 5.69 Å². The van der Waals surface area contributed by atoms with Crippen molar-refractivity contribution in [1.29, 1.82) is 0 Å². The topological polar surface area (TPSA) is 53.5 Å². The van der Waals surface area contributed by atoms with Gasteiger partial charge in [-0.25, -0.2) is 5.43 Å². The van der Waals surface area contributed by atoms with E-state index >= 15 is 0 Å².